The van der Waals surface area contributed by atoms with Gasteiger partial charge >= 0.3 is 5.97 Å². The van der Waals surface area contributed by atoms with Crippen molar-refractivity contribution in [2.75, 3.05) is 7.11 Å². The molecule has 0 bridgehead atoms. The minimum Gasteiger partial charge on any atom is -0.480 e. The fourth-order valence-corrected chi connectivity index (χ4v) is 1.62. The van der Waals surface area contributed by atoms with Gasteiger partial charge in [0.25, 0.3) is 0 Å². The highest BCUT2D eigenvalue weighted by Crippen LogP contribution is 2.09. The van der Waals surface area contributed by atoms with E-state index in [9.17, 15) is 4.79 Å². The molecular formula is C13H19NO3. The number of rotatable bonds is 7. The Kier molecular flexibility index (Phi) is 5.66. The zero-order chi connectivity index (χ0) is 12.7. The molecule has 3 N–H and O–H groups in total. The Labute approximate surface area is 101 Å². The third-order valence-corrected chi connectivity index (χ3v) is 2.63. The van der Waals surface area contributed by atoms with Crippen LogP contribution in [0.5, 0.6) is 0 Å². The van der Waals surface area contributed by atoms with Crippen LogP contribution in [-0.2, 0) is 22.6 Å². The zero-order valence-electron chi connectivity index (χ0n) is 10.1. The Morgan fingerprint density at radius 1 is 1.35 bits per heavy atom. The lowest BCUT2D eigenvalue weighted by molar-refractivity contribution is -0.138. The van der Waals surface area contributed by atoms with Crippen molar-refractivity contribution in [3.8, 4) is 0 Å². The topological polar surface area (TPSA) is 72.5 Å². The molecule has 1 aromatic rings. The van der Waals surface area contributed by atoms with E-state index in [4.69, 9.17) is 15.6 Å². The molecular weight excluding hydrogens is 218 g/mol. The summed E-state index contributed by atoms with van der Waals surface area (Å²) in [5.41, 5.74) is 7.76. The molecule has 4 heteroatoms. The zero-order valence-corrected chi connectivity index (χ0v) is 10.1. The minimum atomic E-state index is -0.930. The molecule has 0 aliphatic carbocycles. The summed E-state index contributed by atoms with van der Waals surface area (Å²) in [5.74, 6) is -0.930. The van der Waals surface area contributed by atoms with Crippen LogP contribution in [0.2, 0.25) is 0 Å². The highest BCUT2D eigenvalue weighted by molar-refractivity contribution is 5.72. The molecule has 0 unspecified atom stereocenters. The molecule has 0 fully saturated rings. The van der Waals surface area contributed by atoms with Crippen LogP contribution in [0, 0.1) is 0 Å². The van der Waals surface area contributed by atoms with Gasteiger partial charge in [0.2, 0.25) is 0 Å². The summed E-state index contributed by atoms with van der Waals surface area (Å²) in [6.07, 6.45) is 2.15. The first-order valence-corrected chi connectivity index (χ1v) is 5.68. The Morgan fingerprint density at radius 3 is 2.47 bits per heavy atom. The molecule has 0 radical (unpaired) electrons. The standard InChI is InChI=1S/C13H19NO3/c1-17-9-11-7-5-10(6-8-11)3-2-4-12(14)13(15)16/h5-8,12H,2-4,9,14H2,1H3,(H,15,16)/t12-/m0/s1. The first-order valence-electron chi connectivity index (χ1n) is 5.68. The van der Waals surface area contributed by atoms with Crippen molar-refractivity contribution in [3.63, 3.8) is 0 Å². The first-order chi connectivity index (χ1) is 8.13. The average Bonchev–Trinajstić information content (AvgIpc) is 2.31. The second kappa shape index (κ2) is 7.04. The van der Waals surface area contributed by atoms with Crippen LogP contribution >= 0.6 is 0 Å². The van der Waals surface area contributed by atoms with Crippen molar-refractivity contribution < 1.29 is 14.6 Å². The smallest absolute Gasteiger partial charge is 0.320 e. The van der Waals surface area contributed by atoms with Crippen LogP contribution in [0.15, 0.2) is 24.3 Å². The third-order valence-electron chi connectivity index (χ3n) is 2.63. The summed E-state index contributed by atoms with van der Waals surface area (Å²) in [4.78, 5) is 10.5. The van der Waals surface area contributed by atoms with Crippen LogP contribution in [0.25, 0.3) is 0 Å². The second-order valence-electron chi connectivity index (χ2n) is 4.09. The average molecular weight is 237 g/mol. The Morgan fingerprint density at radius 2 is 1.94 bits per heavy atom. The molecule has 0 amide bonds. The molecule has 0 aromatic heterocycles. The maximum Gasteiger partial charge on any atom is 0.320 e. The van der Waals surface area contributed by atoms with Crippen LogP contribution in [0.1, 0.15) is 24.0 Å². The van der Waals surface area contributed by atoms with Gasteiger partial charge in [-0.25, -0.2) is 0 Å². The number of nitrogens with two attached hydrogens (primary N) is 1. The molecule has 1 aromatic carbocycles. The summed E-state index contributed by atoms with van der Waals surface area (Å²) >= 11 is 0. The number of hydrogen-bond donors (Lipinski definition) is 2. The predicted molar refractivity (Wildman–Crippen MR) is 65.7 cm³/mol. The summed E-state index contributed by atoms with van der Waals surface area (Å²) in [6, 6.07) is 7.38. The van der Waals surface area contributed by atoms with Gasteiger partial charge in [-0.2, -0.15) is 0 Å². The monoisotopic (exact) mass is 237 g/mol. The Hall–Kier alpha value is -1.39. The third kappa shape index (κ3) is 4.97. The highest BCUT2D eigenvalue weighted by Gasteiger charge is 2.10. The van der Waals surface area contributed by atoms with Crippen molar-refractivity contribution in [1.29, 1.82) is 0 Å². The fraction of sp³-hybridized carbons (Fsp3) is 0.462. The lowest BCUT2D eigenvalue weighted by Crippen LogP contribution is -2.29. The molecule has 17 heavy (non-hydrogen) atoms. The van der Waals surface area contributed by atoms with Crippen LogP contribution in [-0.4, -0.2) is 24.2 Å². The predicted octanol–water partition coefficient (Wildman–Crippen LogP) is 1.57. The van der Waals surface area contributed by atoms with Gasteiger partial charge in [-0.05, 0) is 30.4 Å². The van der Waals surface area contributed by atoms with Crippen LogP contribution in [0.4, 0.5) is 0 Å². The van der Waals surface area contributed by atoms with E-state index >= 15 is 0 Å². The normalized spacial score (nSPS) is 12.4. The summed E-state index contributed by atoms with van der Waals surface area (Å²) in [6.45, 7) is 0.615. The number of methoxy groups -OCH3 is 1. The quantitative estimate of drug-likeness (QED) is 0.755. The molecule has 0 saturated heterocycles. The van der Waals surface area contributed by atoms with Crippen LogP contribution < -0.4 is 5.73 Å². The second-order valence-corrected chi connectivity index (χ2v) is 4.09. The van der Waals surface area contributed by atoms with E-state index in [2.05, 4.69) is 0 Å². The van der Waals surface area contributed by atoms with E-state index < -0.39 is 12.0 Å². The van der Waals surface area contributed by atoms with Crippen molar-refractivity contribution in [2.45, 2.75) is 31.9 Å². The fourth-order valence-electron chi connectivity index (χ4n) is 1.62. The van der Waals surface area contributed by atoms with Crippen molar-refractivity contribution >= 4 is 5.97 Å². The molecule has 4 nitrogen and oxygen atoms in total. The largest absolute Gasteiger partial charge is 0.480 e. The van der Waals surface area contributed by atoms with Gasteiger partial charge in [0.15, 0.2) is 0 Å². The number of hydrogen-bond acceptors (Lipinski definition) is 3. The lowest BCUT2D eigenvalue weighted by Gasteiger charge is -2.06. The Bertz CT molecular complexity index is 348. The lowest BCUT2D eigenvalue weighted by atomic mass is 10.0. The molecule has 0 aliphatic rings. The molecule has 94 valence electrons. The van der Waals surface area contributed by atoms with Gasteiger partial charge in [-0.3, -0.25) is 4.79 Å². The number of aryl methyl sites for hydroxylation is 1. The van der Waals surface area contributed by atoms with Gasteiger partial charge in [-0.1, -0.05) is 24.3 Å². The van der Waals surface area contributed by atoms with Crippen molar-refractivity contribution in [1.82, 2.24) is 0 Å². The Balaban J connectivity index is 2.34. The number of carboxylic acids is 1. The van der Waals surface area contributed by atoms with E-state index in [1.807, 2.05) is 24.3 Å². The van der Waals surface area contributed by atoms with Gasteiger partial charge in [-0.15, -0.1) is 0 Å². The molecule has 1 atom stereocenters. The van der Waals surface area contributed by atoms with E-state index in [0.717, 1.165) is 18.4 Å². The maximum absolute atomic E-state index is 10.5. The molecule has 0 heterocycles. The van der Waals surface area contributed by atoms with E-state index in [0.29, 0.717) is 13.0 Å². The first kappa shape index (κ1) is 13.7. The number of ether oxygens (including phenoxy) is 1. The molecule has 0 saturated carbocycles. The maximum atomic E-state index is 10.5. The SMILES string of the molecule is COCc1ccc(CCC[C@H](N)C(=O)O)cc1. The number of carboxylic acid groups (broad SMARTS) is 1. The van der Waals surface area contributed by atoms with E-state index in [-0.39, 0.29) is 0 Å². The molecule has 0 spiro atoms. The van der Waals surface area contributed by atoms with Crippen molar-refractivity contribution in [3.05, 3.63) is 35.4 Å². The highest BCUT2D eigenvalue weighted by atomic mass is 16.5. The summed E-state index contributed by atoms with van der Waals surface area (Å²) in [5, 5.41) is 8.64. The summed E-state index contributed by atoms with van der Waals surface area (Å²) < 4.78 is 5.02. The number of aliphatic carboxylic acids is 1. The van der Waals surface area contributed by atoms with Gasteiger partial charge < -0.3 is 15.6 Å². The molecule has 0 aliphatic heterocycles. The van der Waals surface area contributed by atoms with Crippen molar-refractivity contribution in [2.24, 2.45) is 5.73 Å². The molecule has 1 rings (SSSR count). The van der Waals surface area contributed by atoms with Gasteiger partial charge in [0.1, 0.15) is 6.04 Å². The van der Waals surface area contributed by atoms with Crippen LogP contribution in [0.3, 0.4) is 0 Å². The summed E-state index contributed by atoms with van der Waals surface area (Å²) in [7, 11) is 1.67. The number of carbonyl (C=O) groups is 1. The van der Waals surface area contributed by atoms with Gasteiger partial charge in [0, 0.05) is 7.11 Å². The minimum absolute atomic E-state index is 0.509. The van der Waals surface area contributed by atoms with Gasteiger partial charge in [0.05, 0.1) is 6.61 Å². The van der Waals surface area contributed by atoms with E-state index in [1.54, 1.807) is 7.11 Å². The number of benzene rings is 1. The van der Waals surface area contributed by atoms with E-state index in [1.165, 1.54) is 5.56 Å².